The fourth-order valence-corrected chi connectivity index (χ4v) is 5.80. The lowest BCUT2D eigenvalue weighted by atomic mass is 9.99. The molecule has 1 aromatic carbocycles. The van der Waals surface area contributed by atoms with Crippen LogP contribution < -0.4 is 10.4 Å². The van der Waals surface area contributed by atoms with E-state index < -0.39 is 0 Å². The predicted molar refractivity (Wildman–Crippen MR) is 101 cm³/mol. The van der Waals surface area contributed by atoms with Crippen molar-refractivity contribution in [3.63, 3.8) is 0 Å². The van der Waals surface area contributed by atoms with Crippen molar-refractivity contribution < 1.29 is 0 Å². The Morgan fingerprint density at radius 1 is 1.32 bits per heavy atom. The molecule has 112 valence electrons. The summed E-state index contributed by atoms with van der Waals surface area (Å²) in [6, 6.07) is 2.43. The second-order valence-electron chi connectivity index (χ2n) is 6.41. The quantitative estimate of drug-likeness (QED) is 0.708. The standard InChI is InChI=1S/C20H19BrS/c1-11-8-17-16(15(11)9-14-6-4-5-7-14)10-18-19(20(17)21)12(2)13(3)22-18/h4-6,8,10,13H,7,9H2,1-3H3. The molecule has 2 aliphatic carbocycles. The van der Waals surface area contributed by atoms with Gasteiger partial charge >= 0.3 is 0 Å². The summed E-state index contributed by atoms with van der Waals surface area (Å²) in [6.07, 6.45) is 11.3. The zero-order valence-corrected chi connectivity index (χ0v) is 15.6. The third kappa shape index (κ3) is 2.11. The van der Waals surface area contributed by atoms with Gasteiger partial charge in [0.05, 0.1) is 0 Å². The van der Waals surface area contributed by atoms with Gasteiger partial charge in [0.15, 0.2) is 0 Å². The molecule has 0 aromatic heterocycles. The van der Waals surface area contributed by atoms with Gasteiger partial charge in [0.25, 0.3) is 0 Å². The van der Waals surface area contributed by atoms with E-state index in [2.05, 4.69) is 67.1 Å². The fraction of sp³-hybridized carbons (Fsp3) is 0.300. The molecular weight excluding hydrogens is 352 g/mol. The first-order chi connectivity index (χ1) is 10.6. The third-order valence-corrected chi connectivity index (χ3v) is 7.10. The number of hydrogen-bond acceptors (Lipinski definition) is 1. The second kappa shape index (κ2) is 5.28. The molecule has 22 heavy (non-hydrogen) atoms. The van der Waals surface area contributed by atoms with Crippen molar-refractivity contribution in [1.29, 1.82) is 0 Å². The smallest absolute Gasteiger partial charge is 0.0337 e. The molecular formula is C20H19BrS. The van der Waals surface area contributed by atoms with E-state index in [4.69, 9.17) is 0 Å². The van der Waals surface area contributed by atoms with Gasteiger partial charge in [0.2, 0.25) is 0 Å². The van der Waals surface area contributed by atoms with Crippen molar-refractivity contribution >= 4 is 44.9 Å². The molecule has 1 aliphatic heterocycles. The minimum Gasteiger partial charge on any atom is -0.118 e. The van der Waals surface area contributed by atoms with E-state index >= 15 is 0 Å². The molecule has 0 fully saturated rings. The van der Waals surface area contributed by atoms with E-state index in [-0.39, 0.29) is 0 Å². The van der Waals surface area contributed by atoms with E-state index in [0.717, 1.165) is 12.8 Å². The van der Waals surface area contributed by atoms with Gasteiger partial charge in [0, 0.05) is 19.8 Å². The summed E-state index contributed by atoms with van der Waals surface area (Å²) < 4.78 is 1.29. The molecule has 0 bridgehead atoms. The number of benzene rings is 1. The summed E-state index contributed by atoms with van der Waals surface area (Å²) in [6.45, 7) is 6.83. The van der Waals surface area contributed by atoms with Crippen LogP contribution in [0.1, 0.15) is 39.2 Å². The van der Waals surface area contributed by atoms with Crippen LogP contribution in [0.5, 0.6) is 0 Å². The van der Waals surface area contributed by atoms with Crippen molar-refractivity contribution in [2.45, 2.75) is 43.8 Å². The maximum Gasteiger partial charge on any atom is 0.0337 e. The highest BCUT2D eigenvalue weighted by molar-refractivity contribution is 9.10. The van der Waals surface area contributed by atoms with Gasteiger partial charge < -0.3 is 0 Å². The Labute approximate surface area is 144 Å². The zero-order valence-electron chi connectivity index (χ0n) is 13.2. The van der Waals surface area contributed by atoms with Crippen LogP contribution in [0.2, 0.25) is 0 Å². The van der Waals surface area contributed by atoms with E-state index in [1.165, 1.54) is 47.7 Å². The number of hydrogen-bond donors (Lipinski definition) is 0. The summed E-state index contributed by atoms with van der Waals surface area (Å²) in [5, 5.41) is 3.46. The van der Waals surface area contributed by atoms with Gasteiger partial charge in [0.1, 0.15) is 0 Å². The largest absolute Gasteiger partial charge is 0.118 e. The highest BCUT2D eigenvalue weighted by atomic mass is 79.9. The Morgan fingerprint density at radius 3 is 2.86 bits per heavy atom. The lowest BCUT2D eigenvalue weighted by molar-refractivity contribution is 1.13. The van der Waals surface area contributed by atoms with Crippen LogP contribution in [0.4, 0.5) is 0 Å². The number of rotatable bonds is 2. The first kappa shape index (κ1) is 14.6. The molecule has 1 heterocycles. The highest BCUT2D eigenvalue weighted by Gasteiger charge is 2.24. The van der Waals surface area contributed by atoms with Crippen molar-refractivity contribution in [3.05, 3.63) is 55.9 Å². The van der Waals surface area contributed by atoms with Gasteiger partial charge in [-0.2, -0.15) is 0 Å². The summed E-state index contributed by atoms with van der Waals surface area (Å²) in [5.41, 5.74) is 7.33. The van der Waals surface area contributed by atoms with Crippen molar-refractivity contribution in [2.24, 2.45) is 0 Å². The van der Waals surface area contributed by atoms with Crippen LogP contribution in [0.3, 0.4) is 0 Å². The molecule has 0 saturated heterocycles. The number of thioether (sulfide) groups is 1. The molecule has 0 amide bonds. The second-order valence-corrected chi connectivity index (χ2v) is 8.58. The molecule has 0 nitrogen and oxygen atoms in total. The molecule has 3 aliphatic rings. The predicted octanol–water partition coefficient (Wildman–Crippen LogP) is 4.96. The Kier molecular flexibility index (Phi) is 3.50. The summed E-state index contributed by atoms with van der Waals surface area (Å²) in [7, 11) is 0. The molecule has 2 heteroatoms. The van der Waals surface area contributed by atoms with E-state index in [0.29, 0.717) is 5.25 Å². The lowest BCUT2D eigenvalue weighted by Gasteiger charge is -2.07. The van der Waals surface area contributed by atoms with Crippen LogP contribution >= 0.6 is 27.7 Å². The Morgan fingerprint density at radius 2 is 2.14 bits per heavy atom. The molecule has 0 N–H and O–H groups in total. The van der Waals surface area contributed by atoms with E-state index in [9.17, 15) is 0 Å². The first-order valence-electron chi connectivity index (χ1n) is 7.82. The maximum atomic E-state index is 3.90. The Balaban J connectivity index is 1.94. The van der Waals surface area contributed by atoms with Crippen LogP contribution in [0, 0.1) is 0 Å². The van der Waals surface area contributed by atoms with Gasteiger partial charge in [-0.1, -0.05) is 29.4 Å². The van der Waals surface area contributed by atoms with E-state index in [1.54, 1.807) is 0 Å². The molecule has 0 spiro atoms. The average molecular weight is 371 g/mol. The van der Waals surface area contributed by atoms with Crippen LogP contribution in [-0.2, 0) is 0 Å². The zero-order chi connectivity index (χ0) is 15.4. The van der Waals surface area contributed by atoms with Crippen molar-refractivity contribution in [1.82, 2.24) is 0 Å². The molecule has 1 atom stereocenters. The van der Waals surface area contributed by atoms with Gasteiger partial charge in [-0.05, 0) is 83.6 Å². The monoisotopic (exact) mass is 370 g/mol. The van der Waals surface area contributed by atoms with Crippen LogP contribution in [0.15, 0.2) is 44.8 Å². The number of halogens is 1. The number of allylic oxidation sites excluding steroid dienone is 5. The Hall–Kier alpha value is -0.990. The maximum absolute atomic E-state index is 3.90. The summed E-state index contributed by atoms with van der Waals surface area (Å²) in [4.78, 5) is 1.44. The minimum absolute atomic E-state index is 0.587. The number of fused-ring (bicyclic) bond motifs is 2. The molecule has 1 aromatic rings. The molecule has 0 saturated carbocycles. The van der Waals surface area contributed by atoms with Gasteiger partial charge in [-0.15, -0.1) is 11.8 Å². The molecule has 4 rings (SSSR count). The van der Waals surface area contributed by atoms with Crippen LogP contribution in [-0.4, -0.2) is 5.25 Å². The van der Waals surface area contributed by atoms with Crippen molar-refractivity contribution in [2.75, 3.05) is 0 Å². The fourth-order valence-electron chi connectivity index (χ4n) is 3.58. The van der Waals surface area contributed by atoms with Crippen LogP contribution in [0.25, 0.3) is 17.2 Å². The Bertz CT molecular complexity index is 897. The topological polar surface area (TPSA) is 0 Å². The van der Waals surface area contributed by atoms with E-state index in [1.807, 2.05) is 11.8 Å². The van der Waals surface area contributed by atoms with Crippen molar-refractivity contribution in [3.8, 4) is 0 Å². The average Bonchev–Trinajstić information content (AvgIpc) is 3.15. The molecule has 0 radical (unpaired) electrons. The van der Waals surface area contributed by atoms with Gasteiger partial charge in [-0.25, -0.2) is 0 Å². The molecule has 1 unspecified atom stereocenters. The van der Waals surface area contributed by atoms with Gasteiger partial charge in [-0.3, -0.25) is 0 Å². The third-order valence-electron chi connectivity index (χ3n) is 4.99. The SMILES string of the molecule is CC1=Cc2c(Br)c3c(cc2=C1CC1=CC=CC1)SC(C)C=3C. The summed E-state index contributed by atoms with van der Waals surface area (Å²) in [5.74, 6) is 0. The highest BCUT2D eigenvalue weighted by Crippen LogP contribution is 2.36. The summed E-state index contributed by atoms with van der Waals surface area (Å²) >= 11 is 5.89. The first-order valence-corrected chi connectivity index (χ1v) is 9.50. The lowest BCUT2D eigenvalue weighted by Crippen LogP contribution is -2.18. The normalized spacial score (nSPS) is 22.1. The minimum atomic E-state index is 0.587.